The summed E-state index contributed by atoms with van der Waals surface area (Å²) < 4.78 is 13.7. The van der Waals surface area contributed by atoms with E-state index in [1.165, 1.54) is 18.9 Å². The van der Waals surface area contributed by atoms with Crippen LogP contribution in [0.2, 0.25) is 0 Å². The average Bonchev–Trinajstić information content (AvgIpc) is 3.13. The Morgan fingerprint density at radius 3 is 2.48 bits per heavy atom. The fourth-order valence-electron chi connectivity index (χ4n) is 4.27. The van der Waals surface area contributed by atoms with Gasteiger partial charge < -0.3 is 15.3 Å². The Morgan fingerprint density at radius 2 is 1.88 bits per heavy atom. The fourth-order valence-corrected chi connectivity index (χ4v) is 4.27. The summed E-state index contributed by atoms with van der Waals surface area (Å²) in [5.74, 6) is 0.395. The van der Waals surface area contributed by atoms with Crippen molar-refractivity contribution in [3.8, 4) is 0 Å². The molecule has 1 aromatic rings. The highest BCUT2D eigenvalue weighted by Crippen LogP contribution is 2.36. The van der Waals surface area contributed by atoms with Crippen LogP contribution >= 0.6 is 0 Å². The van der Waals surface area contributed by atoms with Gasteiger partial charge in [0.05, 0.1) is 12.1 Å². The molecule has 1 saturated carbocycles. The molecule has 2 fully saturated rings. The number of carbonyl (C=O) groups is 1. The lowest BCUT2D eigenvalue weighted by atomic mass is 9.91. The van der Waals surface area contributed by atoms with Crippen LogP contribution in [0.4, 0.5) is 9.18 Å². The van der Waals surface area contributed by atoms with Crippen LogP contribution in [-0.4, -0.2) is 35.2 Å². The van der Waals surface area contributed by atoms with E-state index in [1.54, 1.807) is 12.1 Å². The smallest absolute Gasteiger partial charge is 0.317 e. The van der Waals surface area contributed by atoms with Crippen molar-refractivity contribution in [3.63, 3.8) is 0 Å². The third-order valence-electron chi connectivity index (χ3n) is 5.87. The fraction of sp³-hybridized carbons (Fsp3) is 0.650. The van der Waals surface area contributed by atoms with Gasteiger partial charge in [-0.05, 0) is 62.1 Å². The molecule has 138 valence electrons. The second kappa shape index (κ2) is 8.17. The first kappa shape index (κ1) is 18.2. The quantitative estimate of drug-likeness (QED) is 0.868. The van der Waals surface area contributed by atoms with Gasteiger partial charge in [-0.25, -0.2) is 9.18 Å². The zero-order valence-corrected chi connectivity index (χ0v) is 15.0. The number of nitrogens with zero attached hydrogens (tertiary/aromatic N) is 1. The molecular weight excluding hydrogens is 319 g/mol. The van der Waals surface area contributed by atoms with Gasteiger partial charge in [0, 0.05) is 13.1 Å². The SMILES string of the molecule is CC(O)C1CCN(C(=O)NC(c2cccc(F)c2)C2CCCC2)CC1. The highest BCUT2D eigenvalue weighted by atomic mass is 19.1. The minimum Gasteiger partial charge on any atom is -0.393 e. The van der Waals surface area contributed by atoms with Crippen molar-refractivity contribution in [1.82, 2.24) is 10.2 Å². The van der Waals surface area contributed by atoms with Crippen LogP contribution in [0.15, 0.2) is 24.3 Å². The monoisotopic (exact) mass is 348 g/mol. The van der Waals surface area contributed by atoms with E-state index < -0.39 is 0 Å². The predicted octanol–water partition coefficient (Wildman–Crippen LogP) is 3.86. The summed E-state index contributed by atoms with van der Waals surface area (Å²) >= 11 is 0. The number of hydrogen-bond acceptors (Lipinski definition) is 2. The first-order valence-corrected chi connectivity index (χ1v) is 9.53. The number of amides is 2. The van der Waals surface area contributed by atoms with Crippen LogP contribution in [0.3, 0.4) is 0 Å². The van der Waals surface area contributed by atoms with E-state index in [0.717, 1.165) is 31.2 Å². The molecule has 1 aromatic carbocycles. The highest BCUT2D eigenvalue weighted by Gasteiger charge is 2.31. The number of benzene rings is 1. The molecule has 4 nitrogen and oxygen atoms in total. The summed E-state index contributed by atoms with van der Waals surface area (Å²) in [7, 11) is 0. The molecule has 2 N–H and O–H groups in total. The Kier molecular flexibility index (Phi) is 5.94. The molecule has 5 heteroatoms. The molecule has 3 rings (SSSR count). The normalized spacial score (nSPS) is 22.0. The highest BCUT2D eigenvalue weighted by molar-refractivity contribution is 5.75. The summed E-state index contributed by atoms with van der Waals surface area (Å²) in [6.07, 6.45) is 5.84. The molecule has 0 spiro atoms. The molecular formula is C20H29FN2O2. The minimum atomic E-state index is -0.316. The van der Waals surface area contributed by atoms with Crippen molar-refractivity contribution in [1.29, 1.82) is 0 Å². The van der Waals surface area contributed by atoms with Gasteiger partial charge in [0.25, 0.3) is 0 Å². The largest absolute Gasteiger partial charge is 0.393 e. The predicted molar refractivity (Wildman–Crippen MR) is 95.6 cm³/mol. The van der Waals surface area contributed by atoms with E-state index in [0.29, 0.717) is 19.0 Å². The van der Waals surface area contributed by atoms with Gasteiger partial charge in [0.15, 0.2) is 0 Å². The Labute approximate surface area is 149 Å². The van der Waals surface area contributed by atoms with Crippen LogP contribution in [-0.2, 0) is 0 Å². The maximum Gasteiger partial charge on any atom is 0.317 e. The minimum absolute atomic E-state index is 0.0646. The number of hydrogen-bond donors (Lipinski definition) is 2. The lowest BCUT2D eigenvalue weighted by molar-refractivity contribution is 0.0788. The standard InChI is InChI=1S/C20H29FN2O2/c1-14(24)15-9-11-23(12-10-15)20(25)22-19(16-5-2-3-6-16)17-7-4-8-18(21)13-17/h4,7-8,13-16,19,24H,2-3,5-6,9-12H2,1H3,(H,22,25). The number of aliphatic hydroxyl groups is 1. The molecule has 0 aromatic heterocycles. The van der Waals surface area contributed by atoms with Gasteiger partial charge >= 0.3 is 6.03 Å². The van der Waals surface area contributed by atoms with E-state index in [-0.39, 0.29) is 29.9 Å². The van der Waals surface area contributed by atoms with Crippen LogP contribution in [0, 0.1) is 17.7 Å². The van der Waals surface area contributed by atoms with E-state index in [2.05, 4.69) is 5.32 Å². The van der Waals surface area contributed by atoms with Crippen molar-refractivity contribution in [2.24, 2.45) is 11.8 Å². The molecule has 2 atom stereocenters. The van der Waals surface area contributed by atoms with Gasteiger partial charge in [-0.1, -0.05) is 25.0 Å². The zero-order chi connectivity index (χ0) is 17.8. The molecule has 1 aliphatic heterocycles. The van der Waals surface area contributed by atoms with E-state index in [9.17, 15) is 14.3 Å². The Bertz CT molecular complexity index is 579. The zero-order valence-electron chi connectivity index (χ0n) is 15.0. The maximum atomic E-state index is 13.7. The maximum absolute atomic E-state index is 13.7. The van der Waals surface area contributed by atoms with E-state index >= 15 is 0 Å². The van der Waals surface area contributed by atoms with Crippen LogP contribution < -0.4 is 5.32 Å². The first-order chi connectivity index (χ1) is 12.0. The molecule has 25 heavy (non-hydrogen) atoms. The lowest BCUT2D eigenvalue weighted by Gasteiger charge is -2.35. The van der Waals surface area contributed by atoms with Crippen molar-refractivity contribution < 1.29 is 14.3 Å². The number of urea groups is 1. The summed E-state index contributed by atoms with van der Waals surface area (Å²) in [5, 5.41) is 12.9. The number of piperidine rings is 1. The summed E-state index contributed by atoms with van der Waals surface area (Å²) in [4.78, 5) is 14.6. The van der Waals surface area contributed by atoms with Crippen molar-refractivity contribution >= 4 is 6.03 Å². The second-order valence-electron chi connectivity index (χ2n) is 7.59. The Hall–Kier alpha value is -1.62. The molecule has 2 unspecified atom stereocenters. The summed E-state index contributed by atoms with van der Waals surface area (Å²) in [6.45, 7) is 3.16. The number of rotatable bonds is 4. The van der Waals surface area contributed by atoms with E-state index in [4.69, 9.17) is 0 Å². The third-order valence-corrected chi connectivity index (χ3v) is 5.87. The molecule has 1 aliphatic carbocycles. The number of nitrogens with one attached hydrogen (secondary N) is 1. The van der Waals surface area contributed by atoms with Gasteiger partial charge in [-0.2, -0.15) is 0 Å². The number of aliphatic hydroxyl groups excluding tert-OH is 1. The second-order valence-corrected chi connectivity index (χ2v) is 7.59. The van der Waals surface area contributed by atoms with E-state index in [1.807, 2.05) is 17.9 Å². The summed E-state index contributed by atoms with van der Waals surface area (Å²) in [5.41, 5.74) is 0.860. The molecule has 0 bridgehead atoms. The molecule has 1 heterocycles. The number of carbonyl (C=O) groups excluding carboxylic acids is 1. The molecule has 0 radical (unpaired) electrons. The van der Waals surface area contributed by atoms with Crippen molar-refractivity contribution in [2.45, 2.75) is 57.6 Å². The number of likely N-dealkylation sites (tertiary alicyclic amines) is 1. The van der Waals surface area contributed by atoms with Crippen LogP contribution in [0.1, 0.15) is 57.1 Å². The van der Waals surface area contributed by atoms with Crippen LogP contribution in [0.25, 0.3) is 0 Å². The van der Waals surface area contributed by atoms with Crippen LogP contribution in [0.5, 0.6) is 0 Å². The van der Waals surface area contributed by atoms with Crippen molar-refractivity contribution in [3.05, 3.63) is 35.6 Å². The average molecular weight is 348 g/mol. The topological polar surface area (TPSA) is 52.6 Å². The van der Waals surface area contributed by atoms with Gasteiger partial charge in [-0.15, -0.1) is 0 Å². The first-order valence-electron chi connectivity index (χ1n) is 9.53. The van der Waals surface area contributed by atoms with Gasteiger partial charge in [0.2, 0.25) is 0 Å². The van der Waals surface area contributed by atoms with Gasteiger partial charge in [0.1, 0.15) is 5.82 Å². The Morgan fingerprint density at radius 1 is 1.20 bits per heavy atom. The third kappa shape index (κ3) is 4.51. The summed E-state index contributed by atoms with van der Waals surface area (Å²) in [6, 6.07) is 6.42. The van der Waals surface area contributed by atoms with Crippen molar-refractivity contribution in [2.75, 3.05) is 13.1 Å². The lowest BCUT2D eigenvalue weighted by Crippen LogP contribution is -2.47. The molecule has 1 saturated heterocycles. The molecule has 2 amide bonds. The molecule has 2 aliphatic rings. The Balaban J connectivity index is 1.67. The van der Waals surface area contributed by atoms with Gasteiger partial charge in [-0.3, -0.25) is 0 Å². The number of halogens is 1.